The zero-order valence-electron chi connectivity index (χ0n) is 13.4. The topological polar surface area (TPSA) is 58.6 Å². The van der Waals surface area contributed by atoms with E-state index in [1.165, 1.54) is 0 Å². The first-order chi connectivity index (χ1) is 11.1. The summed E-state index contributed by atoms with van der Waals surface area (Å²) in [4.78, 5) is 10.8. The lowest BCUT2D eigenvalue weighted by molar-refractivity contribution is -0.132. The molecule has 0 amide bonds. The number of benzene rings is 2. The summed E-state index contributed by atoms with van der Waals surface area (Å²) < 4.78 is 5.61. The average Bonchev–Trinajstić information content (AvgIpc) is 2.55. The number of anilines is 1. The third kappa shape index (κ3) is 4.88. The molecule has 0 bridgehead atoms. The van der Waals surface area contributed by atoms with Crippen molar-refractivity contribution < 1.29 is 14.6 Å². The Morgan fingerprint density at radius 3 is 2.52 bits per heavy atom. The predicted molar refractivity (Wildman–Crippen MR) is 92.7 cm³/mol. The van der Waals surface area contributed by atoms with Crippen LogP contribution in [-0.4, -0.2) is 17.7 Å². The maximum absolute atomic E-state index is 10.8. The van der Waals surface area contributed by atoms with Gasteiger partial charge >= 0.3 is 5.97 Å². The molecule has 0 spiro atoms. The predicted octanol–water partition coefficient (Wildman–Crippen LogP) is 4.19. The van der Waals surface area contributed by atoms with Crippen molar-refractivity contribution >= 4 is 17.7 Å². The van der Waals surface area contributed by atoms with Crippen LogP contribution in [0.1, 0.15) is 25.0 Å². The summed E-state index contributed by atoms with van der Waals surface area (Å²) in [6.07, 6.45) is 1.65. The van der Waals surface area contributed by atoms with Crippen LogP contribution in [0.2, 0.25) is 0 Å². The summed E-state index contributed by atoms with van der Waals surface area (Å²) in [5, 5.41) is 12.2. The second-order valence-electron chi connectivity index (χ2n) is 5.15. The SMILES string of the molecule is CCOc1ccccc1CNc1ccc(/C=C(\C)C(=O)O)cc1. The van der Waals surface area contributed by atoms with E-state index in [-0.39, 0.29) is 0 Å². The Bertz CT molecular complexity index is 690. The molecule has 120 valence electrons. The maximum Gasteiger partial charge on any atom is 0.331 e. The van der Waals surface area contributed by atoms with Gasteiger partial charge in [0, 0.05) is 23.4 Å². The molecule has 2 rings (SSSR count). The summed E-state index contributed by atoms with van der Waals surface area (Å²) in [7, 11) is 0. The van der Waals surface area contributed by atoms with Crippen molar-refractivity contribution in [3.05, 3.63) is 65.2 Å². The van der Waals surface area contributed by atoms with Gasteiger partial charge in [-0.05, 0) is 43.7 Å². The minimum atomic E-state index is -0.903. The normalized spacial score (nSPS) is 11.1. The van der Waals surface area contributed by atoms with E-state index in [0.29, 0.717) is 18.7 Å². The zero-order valence-corrected chi connectivity index (χ0v) is 13.4. The molecule has 23 heavy (non-hydrogen) atoms. The Balaban J connectivity index is 2.02. The first-order valence-corrected chi connectivity index (χ1v) is 7.56. The molecule has 0 aliphatic heterocycles. The van der Waals surface area contributed by atoms with E-state index < -0.39 is 5.97 Å². The summed E-state index contributed by atoms with van der Waals surface area (Å²) in [5.74, 6) is -0.0149. The van der Waals surface area contributed by atoms with E-state index in [2.05, 4.69) is 5.32 Å². The smallest absolute Gasteiger partial charge is 0.331 e. The molecule has 0 fully saturated rings. The van der Waals surface area contributed by atoms with Crippen LogP contribution in [0.4, 0.5) is 5.69 Å². The fourth-order valence-electron chi connectivity index (χ4n) is 2.15. The van der Waals surface area contributed by atoms with Gasteiger partial charge < -0.3 is 15.2 Å². The first kappa shape index (κ1) is 16.6. The third-order valence-electron chi connectivity index (χ3n) is 3.39. The van der Waals surface area contributed by atoms with Gasteiger partial charge in [0.1, 0.15) is 5.75 Å². The number of carboxylic acids is 1. The highest BCUT2D eigenvalue weighted by Gasteiger charge is 2.03. The molecule has 0 aromatic heterocycles. The monoisotopic (exact) mass is 311 g/mol. The summed E-state index contributed by atoms with van der Waals surface area (Å²) >= 11 is 0. The van der Waals surface area contributed by atoms with Crippen molar-refractivity contribution in [3.8, 4) is 5.75 Å². The van der Waals surface area contributed by atoms with Crippen molar-refractivity contribution in [2.75, 3.05) is 11.9 Å². The maximum atomic E-state index is 10.8. The summed E-state index contributed by atoms with van der Waals surface area (Å²) in [6.45, 7) is 4.86. The van der Waals surface area contributed by atoms with Gasteiger partial charge in [-0.1, -0.05) is 30.3 Å². The Labute approximate surface area is 136 Å². The van der Waals surface area contributed by atoms with Crippen LogP contribution in [0, 0.1) is 0 Å². The number of hydrogen-bond acceptors (Lipinski definition) is 3. The molecular formula is C19H21NO3. The molecule has 0 radical (unpaired) electrons. The highest BCUT2D eigenvalue weighted by Crippen LogP contribution is 2.20. The van der Waals surface area contributed by atoms with Crippen molar-refractivity contribution in [2.24, 2.45) is 0 Å². The van der Waals surface area contributed by atoms with Crippen LogP contribution in [0.15, 0.2) is 54.1 Å². The molecule has 4 heteroatoms. The number of aliphatic carboxylic acids is 1. The van der Waals surface area contributed by atoms with Crippen LogP contribution in [0.25, 0.3) is 6.08 Å². The van der Waals surface area contributed by atoms with Gasteiger partial charge in [0.05, 0.1) is 6.61 Å². The number of nitrogens with one attached hydrogen (secondary N) is 1. The molecule has 4 nitrogen and oxygen atoms in total. The molecule has 2 aromatic rings. The molecular weight excluding hydrogens is 290 g/mol. The molecule has 0 saturated heterocycles. The van der Waals surface area contributed by atoms with Gasteiger partial charge in [-0.3, -0.25) is 0 Å². The second-order valence-corrected chi connectivity index (χ2v) is 5.15. The van der Waals surface area contributed by atoms with Gasteiger partial charge in [0.15, 0.2) is 0 Å². The number of rotatable bonds is 7. The van der Waals surface area contributed by atoms with Crippen molar-refractivity contribution in [3.63, 3.8) is 0 Å². The minimum absolute atomic E-state index is 0.316. The van der Waals surface area contributed by atoms with Gasteiger partial charge in [-0.25, -0.2) is 4.79 Å². The molecule has 0 atom stereocenters. The Hall–Kier alpha value is -2.75. The zero-order chi connectivity index (χ0) is 16.7. The molecule has 2 N–H and O–H groups in total. The van der Waals surface area contributed by atoms with E-state index in [1.54, 1.807) is 13.0 Å². The van der Waals surface area contributed by atoms with Gasteiger partial charge in [-0.15, -0.1) is 0 Å². The standard InChI is InChI=1S/C19H21NO3/c1-3-23-18-7-5-4-6-16(18)13-20-17-10-8-15(9-11-17)12-14(2)19(21)22/h4-12,20H,3,13H2,1-2H3,(H,21,22)/b14-12+. The van der Waals surface area contributed by atoms with Crippen molar-refractivity contribution in [1.29, 1.82) is 0 Å². The Kier molecular flexibility index (Phi) is 5.80. The van der Waals surface area contributed by atoms with Gasteiger partial charge in [0.25, 0.3) is 0 Å². The molecule has 0 aliphatic carbocycles. The van der Waals surface area contributed by atoms with Crippen LogP contribution < -0.4 is 10.1 Å². The number of carboxylic acid groups (broad SMARTS) is 1. The molecule has 0 aliphatic rings. The third-order valence-corrected chi connectivity index (χ3v) is 3.39. The van der Waals surface area contributed by atoms with E-state index in [4.69, 9.17) is 9.84 Å². The largest absolute Gasteiger partial charge is 0.494 e. The fraction of sp³-hybridized carbons (Fsp3) is 0.211. The van der Waals surface area contributed by atoms with E-state index >= 15 is 0 Å². The van der Waals surface area contributed by atoms with Crippen molar-refractivity contribution in [1.82, 2.24) is 0 Å². The van der Waals surface area contributed by atoms with Gasteiger partial charge in [0.2, 0.25) is 0 Å². The number of hydrogen-bond donors (Lipinski definition) is 2. The lowest BCUT2D eigenvalue weighted by Gasteiger charge is -2.11. The molecule has 2 aromatic carbocycles. The van der Waals surface area contributed by atoms with Crippen LogP contribution in [0.5, 0.6) is 5.75 Å². The quantitative estimate of drug-likeness (QED) is 0.753. The molecule has 0 unspecified atom stereocenters. The first-order valence-electron chi connectivity index (χ1n) is 7.56. The number of carbonyl (C=O) groups is 1. The second kappa shape index (κ2) is 8.03. The van der Waals surface area contributed by atoms with Crippen molar-refractivity contribution in [2.45, 2.75) is 20.4 Å². The summed E-state index contributed by atoms with van der Waals surface area (Å²) in [5.41, 5.74) is 3.25. The summed E-state index contributed by atoms with van der Waals surface area (Å²) in [6, 6.07) is 15.6. The highest BCUT2D eigenvalue weighted by atomic mass is 16.5. The lowest BCUT2D eigenvalue weighted by Crippen LogP contribution is -2.03. The Morgan fingerprint density at radius 1 is 1.17 bits per heavy atom. The highest BCUT2D eigenvalue weighted by molar-refractivity contribution is 5.91. The van der Waals surface area contributed by atoms with Gasteiger partial charge in [-0.2, -0.15) is 0 Å². The Morgan fingerprint density at radius 2 is 1.87 bits per heavy atom. The minimum Gasteiger partial charge on any atom is -0.494 e. The average molecular weight is 311 g/mol. The molecule has 0 heterocycles. The van der Waals surface area contributed by atoms with E-state index in [9.17, 15) is 4.79 Å². The van der Waals surface area contributed by atoms with Crippen LogP contribution in [0.3, 0.4) is 0 Å². The van der Waals surface area contributed by atoms with E-state index in [0.717, 1.165) is 22.6 Å². The molecule has 0 saturated carbocycles. The van der Waals surface area contributed by atoms with Crippen LogP contribution >= 0.6 is 0 Å². The number of para-hydroxylation sites is 1. The van der Waals surface area contributed by atoms with E-state index in [1.807, 2.05) is 55.5 Å². The lowest BCUT2D eigenvalue weighted by atomic mass is 10.1. The van der Waals surface area contributed by atoms with Crippen LogP contribution in [-0.2, 0) is 11.3 Å². The number of ether oxygens (including phenoxy) is 1. The fourth-order valence-corrected chi connectivity index (χ4v) is 2.15.